The zero-order valence-corrected chi connectivity index (χ0v) is 9.64. The lowest BCUT2D eigenvalue weighted by Gasteiger charge is -2.25. The van der Waals surface area contributed by atoms with Gasteiger partial charge in [-0.25, -0.2) is 0 Å². The first kappa shape index (κ1) is 11.2. The molecule has 0 aliphatic carbocycles. The Labute approximate surface area is 95.4 Å². The minimum Gasteiger partial charge on any atom is -0.454 e. The van der Waals surface area contributed by atoms with Crippen molar-refractivity contribution >= 4 is 0 Å². The second-order valence-electron chi connectivity index (χ2n) is 3.71. The molecule has 1 heterocycles. The lowest BCUT2D eigenvalue weighted by atomic mass is 10.1. The van der Waals surface area contributed by atoms with Gasteiger partial charge in [0.15, 0.2) is 11.5 Å². The van der Waals surface area contributed by atoms with Crippen LogP contribution < -0.4 is 9.47 Å². The number of hydrogen-bond acceptors (Lipinski definition) is 4. The van der Waals surface area contributed by atoms with Gasteiger partial charge in [0, 0.05) is 0 Å². The second kappa shape index (κ2) is 4.72. The van der Waals surface area contributed by atoms with Crippen molar-refractivity contribution in [1.82, 2.24) is 4.90 Å². The third-order valence-corrected chi connectivity index (χ3v) is 2.85. The molecule has 16 heavy (non-hydrogen) atoms. The molecule has 1 N–H and O–H groups in total. The van der Waals surface area contributed by atoms with E-state index in [4.69, 9.17) is 9.47 Å². The Kier molecular flexibility index (Phi) is 3.31. The smallest absolute Gasteiger partial charge is 0.231 e. The molecule has 88 valence electrons. The molecule has 1 aromatic carbocycles. The molecule has 0 saturated heterocycles. The molecule has 0 radical (unpaired) electrons. The second-order valence-corrected chi connectivity index (χ2v) is 3.71. The number of aliphatic hydroxyl groups excluding tert-OH is 1. The van der Waals surface area contributed by atoms with E-state index in [2.05, 4.69) is 0 Å². The van der Waals surface area contributed by atoms with Gasteiger partial charge in [-0.15, -0.1) is 0 Å². The quantitative estimate of drug-likeness (QED) is 0.790. The number of aliphatic hydroxyl groups is 1. The molecule has 2 rings (SSSR count). The summed E-state index contributed by atoms with van der Waals surface area (Å²) in [6, 6.07) is 5.55. The number of benzene rings is 1. The minimum absolute atomic E-state index is 0.264. The van der Waals surface area contributed by atoms with Crippen LogP contribution in [0, 0.1) is 0 Å². The monoisotopic (exact) mass is 223 g/mol. The third kappa shape index (κ3) is 1.99. The van der Waals surface area contributed by atoms with E-state index < -0.39 is 6.23 Å². The van der Waals surface area contributed by atoms with E-state index in [0.29, 0.717) is 5.75 Å². The summed E-state index contributed by atoms with van der Waals surface area (Å²) in [5.41, 5.74) is 0.841. The van der Waals surface area contributed by atoms with Crippen LogP contribution in [0.25, 0.3) is 0 Å². The van der Waals surface area contributed by atoms with Crippen molar-refractivity contribution in [3.05, 3.63) is 23.8 Å². The molecule has 0 spiro atoms. The fourth-order valence-electron chi connectivity index (χ4n) is 1.85. The van der Waals surface area contributed by atoms with Gasteiger partial charge in [-0.2, -0.15) is 0 Å². The molecule has 4 heteroatoms. The van der Waals surface area contributed by atoms with Crippen LogP contribution in [0.2, 0.25) is 0 Å². The summed E-state index contributed by atoms with van der Waals surface area (Å²) in [5, 5.41) is 10.1. The molecule has 1 unspecified atom stereocenters. The highest BCUT2D eigenvalue weighted by Gasteiger charge is 2.19. The average Bonchev–Trinajstić information content (AvgIpc) is 2.77. The molecule has 0 saturated carbocycles. The van der Waals surface area contributed by atoms with E-state index in [1.807, 2.05) is 36.9 Å². The number of hydrogen-bond donors (Lipinski definition) is 1. The molecule has 1 atom stereocenters. The number of nitrogens with zero attached hydrogens (tertiary/aromatic N) is 1. The van der Waals surface area contributed by atoms with Crippen molar-refractivity contribution in [3.63, 3.8) is 0 Å². The van der Waals surface area contributed by atoms with Gasteiger partial charge in [-0.3, -0.25) is 4.90 Å². The summed E-state index contributed by atoms with van der Waals surface area (Å²) in [4.78, 5) is 1.97. The van der Waals surface area contributed by atoms with E-state index >= 15 is 0 Å². The average molecular weight is 223 g/mol. The molecule has 0 amide bonds. The maximum atomic E-state index is 10.1. The Morgan fingerprint density at radius 1 is 1.25 bits per heavy atom. The maximum Gasteiger partial charge on any atom is 0.231 e. The van der Waals surface area contributed by atoms with Gasteiger partial charge in [0.25, 0.3) is 0 Å². The molecular formula is C12H17NO3. The topological polar surface area (TPSA) is 41.9 Å². The van der Waals surface area contributed by atoms with Crippen molar-refractivity contribution in [1.29, 1.82) is 0 Å². The van der Waals surface area contributed by atoms with Gasteiger partial charge in [-0.05, 0) is 30.8 Å². The summed E-state index contributed by atoms with van der Waals surface area (Å²) in [6.45, 7) is 5.94. The maximum absolute atomic E-state index is 10.1. The summed E-state index contributed by atoms with van der Waals surface area (Å²) in [7, 11) is 0. The highest BCUT2D eigenvalue weighted by molar-refractivity contribution is 5.44. The third-order valence-electron chi connectivity index (χ3n) is 2.85. The SMILES string of the molecule is CCN(CC)C(O)c1ccc2c(c1)OCO2. The lowest BCUT2D eigenvalue weighted by molar-refractivity contribution is 0.00890. The van der Waals surface area contributed by atoms with Crippen molar-refractivity contribution in [2.24, 2.45) is 0 Å². The summed E-state index contributed by atoms with van der Waals surface area (Å²) in [6.07, 6.45) is -0.579. The number of rotatable bonds is 4. The van der Waals surface area contributed by atoms with E-state index in [9.17, 15) is 5.11 Å². The van der Waals surface area contributed by atoms with E-state index in [-0.39, 0.29) is 6.79 Å². The number of fused-ring (bicyclic) bond motifs is 1. The van der Waals surface area contributed by atoms with E-state index in [1.165, 1.54) is 0 Å². The van der Waals surface area contributed by atoms with E-state index in [1.54, 1.807) is 0 Å². The van der Waals surface area contributed by atoms with Crippen LogP contribution in [-0.2, 0) is 0 Å². The molecule has 0 fully saturated rings. The van der Waals surface area contributed by atoms with Crippen LogP contribution in [0.4, 0.5) is 0 Å². The Bertz CT molecular complexity index is 363. The Balaban J connectivity index is 2.20. The molecule has 0 aromatic heterocycles. The highest BCUT2D eigenvalue weighted by atomic mass is 16.7. The standard InChI is InChI=1S/C12H17NO3/c1-3-13(4-2)12(14)9-5-6-10-11(7-9)16-8-15-10/h5-7,12,14H,3-4,8H2,1-2H3. The normalized spacial score (nSPS) is 15.5. The first-order chi connectivity index (χ1) is 7.76. The van der Waals surface area contributed by atoms with Gasteiger partial charge in [0.05, 0.1) is 0 Å². The van der Waals surface area contributed by atoms with Crippen molar-refractivity contribution in [3.8, 4) is 11.5 Å². The van der Waals surface area contributed by atoms with Gasteiger partial charge in [0.2, 0.25) is 6.79 Å². The molecule has 1 aromatic rings. The molecular weight excluding hydrogens is 206 g/mol. The summed E-state index contributed by atoms with van der Waals surface area (Å²) in [5.74, 6) is 1.46. The molecule has 0 bridgehead atoms. The fraction of sp³-hybridized carbons (Fsp3) is 0.500. The van der Waals surface area contributed by atoms with Gasteiger partial charge < -0.3 is 14.6 Å². The molecule has 1 aliphatic heterocycles. The van der Waals surface area contributed by atoms with E-state index in [0.717, 1.165) is 24.4 Å². The van der Waals surface area contributed by atoms with Crippen LogP contribution in [0.15, 0.2) is 18.2 Å². The number of ether oxygens (including phenoxy) is 2. The minimum atomic E-state index is -0.579. The predicted octanol–water partition coefficient (Wildman–Crippen LogP) is 1.75. The van der Waals surface area contributed by atoms with Gasteiger partial charge >= 0.3 is 0 Å². The van der Waals surface area contributed by atoms with Gasteiger partial charge in [0.1, 0.15) is 6.23 Å². The largest absolute Gasteiger partial charge is 0.454 e. The van der Waals surface area contributed by atoms with Crippen molar-refractivity contribution < 1.29 is 14.6 Å². The van der Waals surface area contributed by atoms with Crippen LogP contribution in [0.3, 0.4) is 0 Å². The van der Waals surface area contributed by atoms with Crippen LogP contribution in [0.1, 0.15) is 25.6 Å². The van der Waals surface area contributed by atoms with Crippen LogP contribution >= 0.6 is 0 Å². The summed E-state index contributed by atoms with van der Waals surface area (Å²) >= 11 is 0. The Morgan fingerprint density at radius 2 is 1.94 bits per heavy atom. The van der Waals surface area contributed by atoms with Crippen LogP contribution in [-0.4, -0.2) is 29.9 Å². The summed E-state index contributed by atoms with van der Waals surface area (Å²) < 4.78 is 10.5. The predicted molar refractivity (Wildman–Crippen MR) is 60.4 cm³/mol. The van der Waals surface area contributed by atoms with Crippen molar-refractivity contribution in [2.75, 3.05) is 19.9 Å². The fourth-order valence-corrected chi connectivity index (χ4v) is 1.85. The van der Waals surface area contributed by atoms with Crippen LogP contribution in [0.5, 0.6) is 11.5 Å². The highest BCUT2D eigenvalue weighted by Crippen LogP contribution is 2.34. The van der Waals surface area contributed by atoms with Gasteiger partial charge in [-0.1, -0.05) is 19.9 Å². The molecule has 1 aliphatic rings. The lowest BCUT2D eigenvalue weighted by Crippen LogP contribution is -2.28. The Hall–Kier alpha value is -1.26. The van der Waals surface area contributed by atoms with Crippen molar-refractivity contribution in [2.45, 2.75) is 20.1 Å². The first-order valence-electron chi connectivity index (χ1n) is 5.58. The Morgan fingerprint density at radius 3 is 2.62 bits per heavy atom. The first-order valence-corrected chi connectivity index (χ1v) is 5.58. The zero-order valence-electron chi connectivity index (χ0n) is 9.64. The molecule has 4 nitrogen and oxygen atoms in total. The zero-order chi connectivity index (χ0) is 11.5.